The number of rotatable bonds is 24. The van der Waals surface area contributed by atoms with E-state index in [0.29, 0.717) is 35.4 Å². The van der Waals surface area contributed by atoms with E-state index >= 15 is 0 Å². The van der Waals surface area contributed by atoms with E-state index in [-0.39, 0.29) is 78.7 Å². The number of nitrogens with zero attached hydrogens (tertiary/aromatic N) is 5. The van der Waals surface area contributed by atoms with Crippen molar-refractivity contribution in [2.24, 2.45) is 56.2 Å². The fourth-order valence-electron chi connectivity index (χ4n) is 17.2. The summed E-state index contributed by atoms with van der Waals surface area (Å²) in [5, 5.41) is 15.8. The average molecular weight is 1630 g/mol. The third kappa shape index (κ3) is 25.8. The number of piperidine rings is 3. The molecule has 7 heterocycles. The second-order valence-electron chi connectivity index (χ2n) is 41.2. The molecule has 5 saturated heterocycles. The molecule has 0 unspecified atom stereocenters. The summed E-state index contributed by atoms with van der Waals surface area (Å²) in [6.45, 7) is 56.9. The lowest BCUT2D eigenvalue weighted by Gasteiger charge is -2.47. The summed E-state index contributed by atoms with van der Waals surface area (Å²) in [6.07, 6.45) is 22.6. The molecule has 2 aromatic heterocycles. The van der Waals surface area contributed by atoms with Crippen LogP contribution < -0.4 is 9.47 Å². The zero-order chi connectivity index (χ0) is 85.9. The van der Waals surface area contributed by atoms with Crippen LogP contribution in [0, 0.1) is 70.0 Å². The first kappa shape index (κ1) is 93.8. The maximum atomic E-state index is 13.1. The first-order valence-electron chi connectivity index (χ1n) is 44.2. The average Bonchev–Trinajstić information content (AvgIpc) is 1.76. The van der Waals surface area contributed by atoms with Crippen LogP contribution in [-0.4, -0.2) is 173 Å². The Bertz CT molecular complexity index is 4000. The number of amides is 1. The summed E-state index contributed by atoms with van der Waals surface area (Å²) in [7, 11) is 0. The number of H-pyrrole nitrogens is 2. The van der Waals surface area contributed by atoms with Crippen molar-refractivity contribution in [3.05, 3.63) is 104 Å². The molecule has 0 radical (unpaired) electrons. The SMILES string of the molecule is Cc1cc(/C=C/CCN2CCCC3(CCCCC3)C2)ccc1Cc1c(O[C@@H]2O[C@H](COC(=O)C(C)(C)C)[C@@H](OC(=O)C(C)(C)C)[C@H](C)[C@H]2C)n[nH]c1C(C)C.Cc1cc(/C=C/CCN2CCCC3(CCN(C(=O)OC(C)(C)C)CC3)C2)ccc1Cc1c(O[C@@H]2O[C@H](COC(=O)C(C)(C)C)[C@@H](OC(=O)C(C)(C)C)[C@H](C)[C@H]2C)n[nH]c1C(C)C. The number of carbonyl (C=O) groups excluding carboxylic acids is 5. The summed E-state index contributed by atoms with van der Waals surface area (Å²) >= 11 is 0. The third-order valence-corrected chi connectivity index (χ3v) is 25.1. The van der Waals surface area contributed by atoms with Gasteiger partial charge < -0.3 is 57.3 Å². The van der Waals surface area contributed by atoms with E-state index in [4.69, 9.17) is 42.6 Å². The first-order chi connectivity index (χ1) is 54.7. The summed E-state index contributed by atoms with van der Waals surface area (Å²) in [5.74, 6) is -0.681. The molecule has 5 aliphatic heterocycles. The van der Waals surface area contributed by atoms with Crippen molar-refractivity contribution < 1.29 is 66.6 Å². The Morgan fingerprint density at radius 2 is 0.880 bits per heavy atom. The molecule has 10 rings (SSSR count). The highest BCUT2D eigenvalue weighted by Gasteiger charge is 2.50. The van der Waals surface area contributed by atoms with Crippen molar-refractivity contribution in [1.82, 2.24) is 35.1 Å². The van der Waals surface area contributed by atoms with Gasteiger partial charge in [0.1, 0.15) is 43.2 Å². The summed E-state index contributed by atoms with van der Waals surface area (Å²) in [5.41, 5.74) is 8.80. The minimum absolute atomic E-state index is 0.0568. The standard InChI is InChI=1S/C50H78N4O8.C46H71N3O6/c1-32(2)40-38(42(52-51-40)61-43-35(5)34(4)41(60-45(56)48(9,10)11)39(59-43)30-58-44(55)47(6,7)8)29-37-20-19-36(28-33(37)3)18-15-16-24-53-25-17-21-50(31-53)22-26-54(27-23-50)46(57)62-49(12,13)14;1-30(2)38-36(27-35-20-19-34(26-31(35)3)18-13-16-24-49-25-17-23-46(29-49)21-14-12-15-22-46)40(48-47-38)55-41-33(5)32(4)39(54-43(51)45(9,10)11)37(53-41)28-52-42(50)44(6,7)8/h15,18-20,28,32,34-35,39,41,43H,16-17,21-27,29-31H2,1-14H3,(H,51,52);13,18-20,26,30,32-33,37,39,41H,12,14-17,21-25,27-29H2,1-11H3,(H,47,48)/b18-15+;18-13+/t34-,35-,39-,41+,43+;32-,33-,37-,39+,41+/m11/s1. The molecule has 4 aromatic rings. The molecule has 2 spiro atoms. The van der Waals surface area contributed by atoms with Gasteiger partial charge in [0.15, 0.2) is 0 Å². The van der Waals surface area contributed by atoms with Crippen molar-refractivity contribution >= 4 is 42.1 Å². The monoisotopic (exact) mass is 1620 g/mol. The number of carbonyl (C=O) groups is 5. The van der Waals surface area contributed by atoms with Crippen molar-refractivity contribution in [3.63, 3.8) is 0 Å². The highest BCUT2D eigenvalue weighted by molar-refractivity contribution is 5.77. The molecule has 652 valence electrons. The summed E-state index contributed by atoms with van der Waals surface area (Å²) < 4.78 is 55.7. The number of hydrogen-bond acceptors (Lipinski definition) is 18. The minimum atomic E-state index is -0.731. The molecule has 6 fully saturated rings. The van der Waals surface area contributed by atoms with Crippen LogP contribution in [0.4, 0.5) is 4.79 Å². The Hall–Kier alpha value is -7.07. The molecule has 2 N–H and O–H groups in total. The van der Waals surface area contributed by atoms with Gasteiger partial charge in [-0.05, 0) is 251 Å². The first-order valence-corrected chi connectivity index (χ1v) is 44.2. The third-order valence-electron chi connectivity index (χ3n) is 25.1. The molecule has 1 amide bonds. The van der Waals surface area contributed by atoms with Gasteiger partial charge in [-0.2, -0.15) is 0 Å². The molecule has 21 nitrogen and oxygen atoms in total. The number of ether oxygens (including phenoxy) is 9. The molecular formula is C96H149N7O14. The Morgan fingerprint density at radius 3 is 1.24 bits per heavy atom. The van der Waals surface area contributed by atoms with Crippen LogP contribution in [0.3, 0.4) is 0 Å². The zero-order valence-corrected chi connectivity index (χ0v) is 76.3. The largest absolute Gasteiger partial charge is 0.462 e. The van der Waals surface area contributed by atoms with Crippen LogP contribution in [0.25, 0.3) is 12.2 Å². The Labute approximate surface area is 702 Å². The normalized spacial score (nSPS) is 24.4. The highest BCUT2D eigenvalue weighted by atomic mass is 16.7. The van der Waals surface area contributed by atoms with E-state index in [1.807, 2.05) is 116 Å². The van der Waals surface area contributed by atoms with E-state index in [0.717, 1.165) is 87.5 Å². The lowest BCUT2D eigenvalue weighted by molar-refractivity contribution is -0.252. The highest BCUT2D eigenvalue weighted by Crippen LogP contribution is 2.46. The number of benzene rings is 2. The molecule has 2 aromatic carbocycles. The fourth-order valence-corrected chi connectivity index (χ4v) is 17.2. The Balaban J connectivity index is 0.000000269. The van der Waals surface area contributed by atoms with E-state index < -0.39 is 64.3 Å². The minimum Gasteiger partial charge on any atom is -0.462 e. The Kier molecular flexibility index (Phi) is 31.8. The van der Waals surface area contributed by atoms with E-state index in [2.05, 4.69) is 132 Å². The number of nitrogens with one attached hydrogen (secondary N) is 2. The number of aromatic nitrogens is 4. The van der Waals surface area contributed by atoms with Gasteiger partial charge in [-0.3, -0.25) is 29.4 Å². The maximum Gasteiger partial charge on any atom is 0.410 e. The zero-order valence-electron chi connectivity index (χ0n) is 76.3. The van der Waals surface area contributed by atoms with Crippen molar-refractivity contribution in [1.29, 1.82) is 0 Å². The maximum absolute atomic E-state index is 13.1. The van der Waals surface area contributed by atoms with Gasteiger partial charge in [0.25, 0.3) is 0 Å². The van der Waals surface area contributed by atoms with Gasteiger partial charge in [0, 0.05) is 98.3 Å². The van der Waals surface area contributed by atoms with E-state index in [1.54, 1.807) is 20.8 Å². The van der Waals surface area contributed by atoms with Crippen LogP contribution >= 0.6 is 0 Å². The molecule has 1 aliphatic carbocycles. The number of aromatic amines is 2. The number of hydrogen-bond donors (Lipinski definition) is 2. The molecule has 6 aliphatic rings. The lowest BCUT2D eigenvalue weighted by atomic mass is 9.69. The molecule has 10 atom stereocenters. The molecule has 0 bridgehead atoms. The second-order valence-corrected chi connectivity index (χ2v) is 41.2. The molecule has 21 heteroatoms. The van der Waals surface area contributed by atoms with Gasteiger partial charge >= 0.3 is 30.0 Å². The lowest BCUT2D eigenvalue weighted by Crippen LogP contribution is -2.55. The van der Waals surface area contributed by atoms with Gasteiger partial charge in [0.05, 0.1) is 21.7 Å². The summed E-state index contributed by atoms with van der Waals surface area (Å²) in [4.78, 5) is 71.7. The van der Waals surface area contributed by atoms with Gasteiger partial charge in [0.2, 0.25) is 24.3 Å². The van der Waals surface area contributed by atoms with Crippen LogP contribution in [0.2, 0.25) is 0 Å². The molecule has 117 heavy (non-hydrogen) atoms. The van der Waals surface area contributed by atoms with E-state index in [1.165, 1.54) is 104 Å². The van der Waals surface area contributed by atoms with Gasteiger partial charge in [-0.15, -0.1) is 10.2 Å². The van der Waals surface area contributed by atoms with Crippen LogP contribution in [0.5, 0.6) is 11.8 Å². The smallest absolute Gasteiger partial charge is 0.410 e. The van der Waals surface area contributed by atoms with Crippen molar-refractivity contribution in [2.45, 2.75) is 324 Å². The molecular weight excluding hydrogens is 1480 g/mol. The number of aryl methyl sites for hydroxylation is 2. The quantitative estimate of drug-likeness (QED) is 0.0490. The van der Waals surface area contributed by atoms with Gasteiger partial charge in [-0.25, -0.2) is 4.79 Å². The van der Waals surface area contributed by atoms with Gasteiger partial charge in [-0.1, -0.05) is 135 Å². The topological polar surface area (TPSA) is 235 Å². The second kappa shape index (κ2) is 39.6. The van der Waals surface area contributed by atoms with Crippen molar-refractivity contribution in [2.75, 3.05) is 65.6 Å². The van der Waals surface area contributed by atoms with E-state index in [9.17, 15) is 24.0 Å². The van der Waals surface area contributed by atoms with Crippen LogP contribution in [0.15, 0.2) is 48.6 Å². The summed E-state index contributed by atoms with van der Waals surface area (Å²) in [6, 6.07) is 13.3. The van der Waals surface area contributed by atoms with Crippen molar-refractivity contribution in [3.8, 4) is 11.8 Å². The number of esters is 4. The molecule has 1 saturated carbocycles. The number of likely N-dealkylation sites (tertiary alicyclic amines) is 3. The predicted octanol–water partition coefficient (Wildman–Crippen LogP) is 19.7. The Morgan fingerprint density at radius 1 is 0.504 bits per heavy atom. The van der Waals surface area contributed by atoms with Crippen LogP contribution in [-0.2, 0) is 65.2 Å². The van der Waals surface area contributed by atoms with Crippen LogP contribution in [0.1, 0.15) is 310 Å². The predicted molar refractivity (Wildman–Crippen MR) is 462 cm³/mol. The fraction of sp³-hybridized carbons (Fsp3) is 0.719.